The second-order valence-corrected chi connectivity index (χ2v) is 6.45. The van der Waals surface area contributed by atoms with Gasteiger partial charge in [0, 0.05) is 29.6 Å². The molecule has 0 bridgehead atoms. The zero-order valence-electron chi connectivity index (χ0n) is 11.5. The lowest BCUT2D eigenvalue weighted by atomic mass is 9.88. The van der Waals surface area contributed by atoms with Crippen LogP contribution in [0, 0.1) is 11.3 Å². The largest absolute Gasteiger partial charge is 0.311 e. The van der Waals surface area contributed by atoms with E-state index in [1.165, 1.54) is 32.1 Å². The fourth-order valence-electron chi connectivity index (χ4n) is 2.76. The molecule has 2 rings (SSSR count). The van der Waals surface area contributed by atoms with Gasteiger partial charge in [0.05, 0.1) is 0 Å². The molecule has 1 aromatic heterocycles. The van der Waals surface area contributed by atoms with Crippen LogP contribution >= 0.6 is 11.8 Å². The van der Waals surface area contributed by atoms with E-state index in [2.05, 4.69) is 22.6 Å². The molecule has 4 heteroatoms. The Morgan fingerprint density at radius 3 is 2.89 bits per heavy atom. The maximum atomic E-state index is 9.02. The first-order chi connectivity index (χ1) is 9.29. The van der Waals surface area contributed by atoms with Crippen LogP contribution in [-0.4, -0.2) is 22.5 Å². The molecule has 0 aromatic carbocycles. The van der Waals surface area contributed by atoms with Gasteiger partial charge in [0.15, 0.2) is 0 Å². The molecule has 19 heavy (non-hydrogen) atoms. The first-order valence-corrected chi connectivity index (χ1v) is 8.12. The van der Waals surface area contributed by atoms with Crippen LogP contribution in [0.25, 0.3) is 0 Å². The van der Waals surface area contributed by atoms with Crippen LogP contribution in [0.3, 0.4) is 0 Å². The number of pyridine rings is 1. The van der Waals surface area contributed by atoms with Gasteiger partial charge in [0.25, 0.3) is 0 Å². The molecule has 0 spiro atoms. The van der Waals surface area contributed by atoms with Gasteiger partial charge in [-0.1, -0.05) is 25.3 Å². The summed E-state index contributed by atoms with van der Waals surface area (Å²) in [6.45, 7) is 1.76. The Kier molecular flexibility index (Phi) is 5.24. The molecule has 0 aliphatic heterocycles. The monoisotopic (exact) mass is 275 g/mol. The second-order valence-electron chi connectivity index (χ2n) is 5.17. The summed E-state index contributed by atoms with van der Waals surface area (Å²) >= 11 is 2.00. The first kappa shape index (κ1) is 14.4. The van der Waals surface area contributed by atoms with Crippen molar-refractivity contribution in [2.45, 2.75) is 43.4 Å². The highest BCUT2D eigenvalue weighted by Crippen LogP contribution is 2.37. The van der Waals surface area contributed by atoms with E-state index in [-0.39, 0.29) is 0 Å². The van der Waals surface area contributed by atoms with Crippen LogP contribution in [0.1, 0.15) is 43.4 Å². The summed E-state index contributed by atoms with van der Waals surface area (Å²) in [6, 6.07) is 6.02. The van der Waals surface area contributed by atoms with E-state index in [0.29, 0.717) is 10.4 Å². The molecule has 1 aromatic rings. The Morgan fingerprint density at radius 1 is 1.42 bits per heavy atom. The minimum Gasteiger partial charge on any atom is -0.311 e. The van der Waals surface area contributed by atoms with Gasteiger partial charge >= 0.3 is 0 Å². The molecule has 1 saturated carbocycles. The van der Waals surface area contributed by atoms with Gasteiger partial charge in [-0.3, -0.25) is 0 Å². The smallest absolute Gasteiger partial charge is 0.144 e. The Morgan fingerprint density at radius 2 is 2.21 bits per heavy atom. The summed E-state index contributed by atoms with van der Waals surface area (Å²) in [5.74, 6) is 0. The lowest BCUT2D eigenvalue weighted by Crippen LogP contribution is -2.39. The van der Waals surface area contributed by atoms with Crippen molar-refractivity contribution in [1.82, 2.24) is 10.3 Å². The lowest BCUT2D eigenvalue weighted by molar-refractivity contribution is 0.379. The van der Waals surface area contributed by atoms with Crippen LogP contribution < -0.4 is 5.32 Å². The van der Waals surface area contributed by atoms with E-state index in [4.69, 9.17) is 5.26 Å². The third-order valence-electron chi connectivity index (χ3n) is 3.96. The molecular formula is C15H21N3S. The molecule has 1 fully saturated rings. The summed E-state index contributed by atoms with van der Waals surface area (Å²) in [4.78, 5) is 4.09. The molecule has 0 atom stereocenters. The predicted molar refractivity (Wildman–Crippen MR) is 80.0 cm³/mol. The van der Waals surface area contributed by atoms with E-state index in [0.717, 1.165) is 18.7 Å². The summed E-state index contributed by atoms with van der Waals surface area (Å²) < 4.78 is 0.396. The van der Waals surface area contributed by atoms with Gasteiger partial charge < -0.3 is 5.32 Å². The Hall–Kier alpha value is -1.05. The minimum atomic E-state index is 0.396. The van der Waals surface area contributed by atoms with Crippen molar-refractivity contribution in [3.63, 3.8) is 0 Å². The van der Waals surface area contributed by atoms with E-state index < -0.39 is 0 Å². The quantitative estimate of drug-likeness (QED) is 0.897. The molecule has 3 nitrogen and oxygen atoms in total. The number of hydrogen-bond acceptors (Lipinski definition) is 4. The molecule has 0 unspecified atom stereocenters. The SMILES string of the molecule is CSC1(CNCc2cccnc2C#N)CCCCC1. The van der Waals surface area contributed by atoms with E-state index in [1.54, 1.807) is 6.20 Å². The number of nitrogens with zero attached hydrogens (tertiary/aromatic N) is 2. The summed E-state index contributed by atoms with van der Waals surface area (Å²) in [7, 11) is 0. The van der Waals surface area contributed by atoms with Crippen LogP contribution in [0.2, 0.25) is 0 Å². The Bertz CT molecular complexity index is 447. The van der Waals surface area contributed by atoms with Gasteiger partial charge in [-0.05, 0) is 25.2 Å². The maximum absolute atomic E-state index is 9.02. The number of nitrogens with one attached hydrogen (secondary N) is 1. The third-order valence-corrected chi connectivity index (χ3v) is 5.38. The highest BCUT2D eigenvalue weighted by molar-refractivity contribution is 8.00. The van der Waals surface area contributed by atoms with Crippen molar-refractivity contribution in [2.24, 2.45) is 0 Å². The molecule has 0 amide bonds. The van der Waals surface area contributed by atoms with Crippen LogP contribution in [-0.2, 0) is 6.54 Å². The number of hydrogen-bond donors (Lipinski definition) is 1. The van der Waals surface area contributed by atoms with Gasteiger partial charge in [-0.25, -0.2) is 4.98 Å². The molecule has 1 heterocycles. The molecule has 102 valence electrons. The second kappa shape index (κ2) is 6.93. The zero-order valence-corrected chi connectivity index (χ0v) is 12.3. The average molecular weight is 275 g/mol. The molecule has 1 N–H and O–H groups in total. The van der Waals surface area contributed by atoms with E-state index in [9.17, 15) is 0 Å². The van der Waals surface area contributed by atoms with Gasteiger partial charge in [-0.15, -0.1) is 0 Å². The van der Waals surface area contributed by atoms with Crippen LogP contribution in [0.15, 0.2) is 18.3 Å². The highest BCUT2D eigenvalue weighted by atomic mass is 32.2. The predicted octanol–water partition coefficient (Wildman–Crippen LogP) is 3.11. The minimum absolute atomic E-state index is 0.396. The molecule has 1 aliphatic carbocycles. The highest BCUT2D eigenvalue weighted by Gasteiger charge is 2.30. The number of aromatic nitrogens is 1. The van der Waals surface area contributed by atoms with Gasteiger partial charge in [-0.2, -0.15) is 17.0 Å². The summed E-state index contributed by atoms with van der Waals surface area (Å²) in [5.41, 5.74) is 1.54. The van der Waals surface area contributed by atoms with Crippen molar-refractivity contribution < 1.29 is 0 Å². The number of thioether (sulfide) groups is 1. The summed E-state index contributed by atoms with van der Waals surface area (Å²) in [6.07, 6.45) is 10.6. The maximum Gasteiger partial charge on any atom is 0.144 e. The van der Waals surface area contributed by atoms with Gasteiger partial charge in [0.2, 0.25) is 0 Å². The van der Waals surface area contributed by atoms with Crippen molar-refractivity contribution in [2.75, 3.05) is 12.8 Å². The first-order valence-electron chi connectivity index (χ1n) is 6.89. The fraction of sp³-hybridized carbons (Fsp3) is 0.600. The number of nitriles is 1. The van der Waals surface area contributed by atoms with Crippen molar-refractivity contribution in [1.29, 1.82) is 5.26 Å². The molecule has 0 radical (unpaired) electrons. The molecule has 0 saturated heterocycles. The van der Waals surface area contributed by atoms with Crippen molar-refractivity contribution in [3.05, 3.63) is 29.6 Å². The third kappa shape index (κ3) is 3.71. The van der Waals surface area contributed by atoms with Crippen molar-refractivity contribution in [3.8, 4) is 6.07 Å². The van der Waals surface area contributed by atoms with Gasteiger partial charge in [0.1, 0.15) is 11.8 Å². The molecular weight excluding hydrogens is 254 g/mol. The van der Waals surface area contributed by atoms with Crippen LogP contribution in [0.4, 0.5) is 0 Å². The lowest BCUT2D eigenvalue weighted by Gasteiger charge is -2.36. The topological polar surface area (TPSA) is 48.7 Å². The fourth-order valence-corrected chi connectivity index (χ4v) is 3.70. The average Bonchev–Trinajstić information content (AvgIpc) is 2.49. The Balaban J connectivity index is 1.90. The number of rotatable bonds is 5. The van der Waals surface area contributed by atoms with Crippen molar-refractivity contribution >= 4 is 11.8 Å². The Labute approximate surface area is 119 Å². The standard InChI is InChI=1S/C15H21N3S/c1-19-15(7-3-2-4-8-15)12-17-11-13-6-5-9-18-14(13)10-16/h5-6,9,17H,2-4,7-8,11-12H2,1H3. The van der Waals surface area contributed by atoms with E-state index in [1.807, 2.05) is 23.9 Å². The normalized spacial score (nSPS) is 17.9. The molecule has 1 aliphatic rings. The van der Waals surface area contributed by atoms with E-state index >= 15 is 0 Å². The zero-order chi connectivity index (χ0) is 13.6. The van der Waals surface area contributed by atoms with Crippen LogP contribution in [0.5, 0.6) is 0 Å². The summed E-state index contributed by atoms with van der Waals surface area (Å²) in [5, 5.41) is 12.5.